The van der Waals surface area contributed by atoms with E-state index >= 15 is 0 Å². The molecule has 0 spiro atoms. The Bertz CT molecular complexity index is 932. The van der Waals surface area contributed by atoms with Gasteiger partial charge in [0.05, 0.1) is 17.5 Å². The summed E-state index contributed by atoms with van der Waals surface area (Å²) in [6.07, 6.45) is 1.76. The molecule has 0 radical (unpaired) electrons. The van der Waals surface area contributed by atoms with Gasteiger partial charge in [-0.3, -0.25) is 4.79 Å². The molecular formula is C19H21ClN4O. The average Bonchev–Trinajstić information content (AvgIpc) is 2.98. The van der Waals surface area contributed by atoms with E-state index in [1.807, 2.05) is 41.9 Å². The number of aryl methyl sites for hydroxylation is 1. The van der Waals surface area contributed by atoms with Gasteiger partial charge in [-0.05, 0) is 38.5 Å². The molecule has 0 saturated heterocycles. The number of hydrogen-bond acceptors (Lipinski definition) is 3. The van der Waals surface area contributed by atoms with Gasteiger partial charge in [-0.1, -0.05) is 29.8 Å². The minimum Gasteiger partial charge on any atom is -0.337 e. The van der Waals surface area contributed by atoms with Gasteiger partial charge in [0, 0.05) is 30.0 Å². The van der Waals surface area contributed by atoms with Gasteiger partial charge >= 0.3 is 0 Å². The number of amides is 1. The van der Waals surface area contributed by atoms with E-state index < -0.39 is 0 Å². The Balaban J connectivity index is 1.91. The SMILES string of the molecule is Cc1nc2c(cnn2C(C)C)cc1C(=O)N(C)Cc1ccccc1Cl. The van der Waals surface area contributed by atoms with Gasteiger partial charge < -0.3 is 4.90 Å². The third kappa shape index (κ3) is 3.37. The second-order valence-electron chi connectivity index (χ2n) is 6.47. The van der Waals surface area contributed by atoms with Gasteiger partial charge in [0.15, 0.2) is 5.65 Å². The van der Waals surface area contributed by atoms with E-state index in [4.69, 9.17) is 11.6 Å². The molecule has 25 heavy (non-hydrogen) atoms. The van der Waals surface area contributed by atoms with Crippen molar-refractivity contribution < 1.29 is 4.79 Å². The highest BCUT2D eigenvalue weighted by Gasteiger charge is 2.19. The number of carbonyl (C=O) groups excluding carboxylic acids is 1. The van der Waals surface area contributed by atoms with Crippen molar-refractivity contribution in [2.45, 2.75) is 33.4 Å². The van der Waals surface area contributed by atoms with Gasteiger partial charge in [-0.15, -0.1) is 0 Å². The molecule has 0 fully saturated rings. The summed E-state index contributed by atoms with van der Waals surface area (Å²) in [5, 5.41) is 5.90. The molecule has 0 aliphatic rings. The van der Waals surface area contributed by atoms with Crippen LogP contribution >= 0.6 is 11.6 Å². The number of aromatic nitrogens is 3. The fourth-order valence-electron chi connectivity index (χ4n) is 2.82. The summed E-state index contributed by atoms with van der Waals surface area (Å²) < 4.78 is 1.87. The lowest BCUT2D eigenvalue weighted by molar-refractivity contribution is 0.0784. The minimum atomic E-state index is -0.0795. The van der Waals surface area contributed by atoms with Crippen molar-refractivity contribution in [1.29, 1.82) is 0 Å². The van der Waals surface area contributed by atoms with Crippen molar-refractivity contribution in [2.24, 2.45) is 0 Å². The summed E-state index contributed by atoms with van der Waals surface area (Å²) in [5.41, 5.74) is 3.01. The Hall–Kier alpha value is -2.40. The van der Waals surface area contributed by atoms with E-state index in [9.17, 15) is 4.79 Å². The van der Waals surface area contributed by atoms with Crippen LogP contribution in [0.25, 0.3) is 11.0 Å². The first-order chi connectivity index (χ1) is 11.9. The number of rotatable bonds is 4. The molecule has 2 aromatic heterocycles. The summed E-state index contributed by atoms with van der Waals surface area (Å²) in [6.45, 7) is 6.41. The molecule has 0 atom stereocenters. The maximum absolute atomic E-state index is 12.9. The summed E-state index contributed by atoms with van der Waals surface area (Å²) in [5.74, 6) is -0.0795. The molecule has 1 amide bonds. The number of nitrogens with zero attached hydrogens (tertiary/aromatic N) is 4. The maximum atomic E-state index is 12.9. The molecule has 0 saturated carbocycles. The van der Waals surface area contributed by atoms with E-state index in [1.54, 1.807) is 18.1 Å². The topological polar surface area (TPSA) is 51.0 Å². The van der Waals surface area contributed by atoms with E-state index in [-0.39, 0.29) is 11.9 Å². The summed E-state index contributed by atoms with van der Waals surface area (Å²) in [4.78, 5) is 19.1. The molecule has 0 N–H and O–H groups in total. The molecule has 3 aromatic rings. The lowest BCUT2D eigenvalue weighted by Crippen LogP contribution is -2.27. The van der Waals surface area contributed by atoms with Crippen LogP contribution in [0.5, 0.6) is 0 Å². The van der Waals surface area contributed by atoms with Gasteiger partial charge in [0.1, 0.15) is 0 Å². The third-order valence-corrected chi connectivity index (χ3v) is 4.56. The van der Waals surface area contributed by atoms with Crippen LogP contribution in [0.15, 0.2) is 36.5 Å². The molecule has 0 aliphatic carbocycles. The van der Waals surface area contributed by atoms with Gasteiger partial charge in [-0.25, -0.2) is 9.67 Å². The van der Waals surface area contributed by atoms with Crippen molar-refractivity contribution in [3.63, 3.8) is 0 Å². The van der Waals surface area contributed by atoms with Crippen LogP contribution in [0.4, 0.5) is 0 Å². The normalized spacial score (nSPS) is 11.3. The largest absolute Gasteiger partial charge is 0.337 e. The van der Waals surface area contributed by atoms with Crippen LogP contribution in [-0.2, 0) is 6.54 Å². The molecule has 1 aromatic carbocycles. The van der Waals surface area contributed by atoms with Gasteiger partial charge in [-0.2, -0.15) is 5.10 Å². The zero-order valence-electron chi connectivity index (χ0n) is 14.8. The van der Waals surface area contributed by atoms with Crippen molar-refractivity contribution in [1.82, 2.24) is 19.7 Å². The number of hydrogen-bond donors (Lipinski definition) is 0. The zero-order chi connectivity index (χ0) is 18.1. The fourth-order valence-corrected chi connectivity index (χ4v) is 3.02. The fraction of sp³-hybridized carbons (Fsp3) is 0.316. The van der Waals surface area contributed by atoms with Crippen molar-refractivity contribution in [3.8, 4) is 0 Å². The molecule has 0 aliphatic heterocycles. The van der Waals surface area contributed by atoms with E-state index in [1.165, 1.54) is 0 Å². The Morgan fingerprint density at radius 1 is 1.32 bits per heavy atom. The Morgan fingerprint density at radius 3 is 2.72 bits per heavy atom. The van der Waals surface area contributed by atoms with E-state index in [2.05, 4.69) is 23.9 Å². The first-order valence-corrected chi connectivity index (χ1v) is 8.60. The summed E-state index contributed by atoms with van der Waals surface area (Å²) in [7, 11) is 1.77. The summed E-state index contributed by atoms with van der Waals surface area (Å²) >= 11 is 6.20. The minimum absolute atomic E-state index is 0.0795. The molecule has 3 rings (SSSR count). The van der Waals surface area contributed by atoms with Crippen LogP contribution in [0.1, 0.15) is 41.5 Å². The van der Waals surface area contributed by atoms with Crippen LogP contribution < -0.4 is 0 Å². The van der Waals surface area contributed by atoms with Crippen molar-refractivity contribution >= 4 is 28.5 Å². The third-order valence-electron chi connectivity index (χ3n) is 4.19. The van der Waals surface area contributed by atoms with E-state index in [0.29, 0.717) is 22.8 Å². The van der Waals surface area contributed by atoms with Crippen molar-refractivity contribution in [2.75, 3.05) is 7.05 Å². The quantitative estimate of drug-likeness (QED) is 0.702. The monoisotopic (exact) mass is 356 g/mol. The predicted molar refractivity (Wildman–Crippen MR) is 99.9 cm³/mol. The average molecular weight is 357 g/mol. The highest BCUT2D eigenvalue weighted by atomic mass is 35.5. The number of carbonyl (C=O) groups is 1. The van der Waals surface area contributed by atoms with E-state index in [0.717, 1.165) is 16.6 Å². The van der Waals surface area contributed by atoms with Gasteiger partial charge in [0.2, 0.25) is 0 Å². The Labute approximate surface area is 152 Å². The second-order valence-corrected chi connectivity index (χ2v) is 6.88. The molecule has 6 heteroatoms. The second kappa shape index (κ2) is 6.84. The smallest absolute Gasteiger partial charge is 0.255 e. The molecule has 5 nitrogen and oxygen atoms in total. The van der Waals surface area contributed by atoms with Crippen LogP contribution in [0.2, 0.25) is 5.02 Å². The highest BCUT2D eigenvalue weighted by molar-refractivity contribution is 6.31. The standard InChI is InChI=1S/C19H21ClN4O/c1-12(2)24-18-15(10-21-24)9-16(13(3)22-18)19(25)23(4)11-14-7-5-6-8-17(14)20/h5-10,12H,11H2,1-4H3. The lowest BCUT2D eigenvalue weighted by Gasteiger charge is -2.19. The number of halogens is 1. The Morgan fingerprint density at radius 2 is 2.04 bits per heavy atom. The molecule has 130 valence electrons. The van der Waals surface area contributed by atoms with Crippen molar-refractivity contribution in [3.05, 3.63) is 58.4 Å². The molecular weight excluding hydrogens is 336 g/mol. The molecule has 0 bridgehead atoms. The number of pyridine rings is 1. The molecule has 0 unspecified atom stereocenters. The Kier molecular flexibility index (Phi) is 4.77. The summed E-state index contributed by atoms with van der Waals surface area (Å²) in [6, 6.07) is 9.63. The van der Waals surface area contributed by atoms with Gasteiger partial charge in [0.25, 0.3) is 5.91 Å². The maximum Gasteiger partial charge on any atom is 0.255 e. The highest BCUT2D eigenvalue weighted by Crippen LogP contribution is 2.22. The first kappa shape index (κ1) is 17.4. The molecule has 2 heterocycles. The lowest BCUT2D eigenvalue weighted by atomic mass is 10.1. The number of fused-ring (bicyclic) bond motifs is 1. The number of benzene rings is 1. The van der Waals surface area contributed by atoms with Crippen LogP contribution in [0, 0.1) is 6.92 Å². The van der Waals surface area contributed by atoms with Crippen LogP contribution in [-0.4, -0.2) is 32.6 Å². The first-order valence-electron chi connectivity index (χ1n) is 8.22. The zero-order valence-corrected chi connectivity index (χ0v) is 15.6. The van der Waals surface area contributed by atoms with Crippen LogP contribution in [0.3, 0.4) is 0 Å². The predicted octanol–water partition coefficient (Wildman–Crippen LogP) is 4.25.